The van der Waals surface area contributed by atoms with Gasteiger partial charge in [0, 0.05) is 23.5 Å². The normalized spacial score (nSPS) is 10.2. The Morgan fingerprint density at radius 1 is 0.964 bits per heavy atom. The lowest BCUT2D eigenvalue weighted by atomic mass is 10.2. The van der Waals surface area contributed by atoms with Crippen LogP contribution in [0.2, 0.25) is 0 Å². The molecule has 0 saturated carbocycles. The first-order valence-electron chi connectivity index (χ1n) is 8.60. The monoisotopic (exact) mass is 365 g/mol. The summed E-state index contributed by atoms with van der Waals surface area (Å²) in [7, 11) is 0. The van der Waals surface area contributed by atoms with E-state index in [1.165, 1.54) is 6.20 Å². The quantitative estimate of drug-likeness (QED) is 0.556. The maximum absolute atomic E-state index is 12.5. The van der Waals surface area contributed by atoms with Gasteiger partial charge in [0.1, 0.15) is 0 Å². The standard InChI is InChI=1S/C22H15N5O/c23-12-15-6-8-18(9-7-15)27-22(28)17-11-19(14-24-13-17)26-20-5-1-3-16-4-2-10-25-21(16)20/h1-11,13-14,26H,(H,27,28). The predicted octanol–water partition coefficient (Wildman–Crippen LogP) is 4.50. The first-order valence-corrected chi connectivity index (χ1v) is 8.60. The fourth-order valence-corrected chi connectivity index (χ4v) is 2.82. The maximum Gasteiger partial charge on any atom is 0.257 e. The molecule has 0 atom stereocenters. The molecule has 6 nitrogen and oxygen atoms in total. The van der Waals surface area contributed by atoms with Gasteiger partial charge in [0.2, 0.25) is 0 Å². The molecule has 2 N–H and O–H groups in total. The third kappa shape index (κ3) is 3.64. The van der Waals surface area contributed by atoms with E-state index in [0.29, 0.717) is 22.5 Å². The molecule has 4 rings (SSSR count). The zero-order valence-electron chi connectivity index (χ0n) is 14.8. The molecule has 0 spiro atoms. The van der Waals surface area contributed by atoms with Crippen molar-refractivity contribution in [3.8, 4) is 6.07 Å². The number of hydrogen-bond acceptors (Lipinski definition) is 5. The van der Waals surface area contributed by atoms with Crippen LogP contribution in [0.1, 0.15) is 15.9 Å². The van der Waals surface area contributed by atoms with Crippen LogP contribution in [0.5, 0.6) is 0 Å². The van der Waals surface area contributed by atoms with Gasteiger partial charge in [-0.2, -0.15) is 5.26 Å². The lowest BCUT2D eigenvalue weighted by Crippen LogP contribution is -2.12. The second kappa shape index (κ2) is 7.56. The first-order chi connectivity index (χ1) is 13.7. The Labute approximate surface area is 161 Å². The van der Waals surface area contributed by atoms with Crippen LogP contribution in [0.15, 0.2) is 79.3 Å². The van der Waals surface area contributed by atoms with E-state index in [0.717, 1.165) is 16.6 Å². The number of carbonyl (C=O) groups excluding carboxylic acids is 1. The van der Waals surface area contributed by atoms with Crippen LogP contribution in [0, 0.1) is 11.3 Å². The summed E-state index contributed by atoms with van der Waals surface area (Å²) < 4.78 is 0. The Kier molecular flexibility index (Phi) is 4.64. The molecule has 134 valence electrons. The van der Waals surface area contributed by atoms with Crippen molar-refractivity contribution in [3.05, 3.63) is 90.4 Å². The summed E-state index contributed by atoms with van der Waals surface area (Å²) in [5.74, 6) is -0.281. The molecule has 0 fully saturated rings. The molecule has 0 aliphatic rings. The maximum atomic E-state index is 12.5. The lowest BCUT2D eigenvalue weighted by Gasteiger charge is -2.10. The van der Waals surface area contributed by atoms with Crippen molar-refractivity contribution in [1.29, 1.82) is 5.26 Å². The Morgan fingerprint density at radius 2 is 1.79 bits per heavy atom. The minimum absolute atomic E-state index is 0.281. The number of hydrogen-bond donors (Lipinski definition) is 2. The highest BCUT2D eigenvalue weighted by Crippen LogP contribution is 2.24. The van der Waals surface area contributed by atoms with Gasteiger partial charge in [0.25, 0.3) is 5.91 Å². The molecule has 6 heteroatoms. The van der Waals surface area contributed by atoms with Crippen LogP contribution in [0.4, 0.5) is 17.1 Å². The average Bonchev–Trinajstić information content (AvgIpc) is 2.75. The minimum Gasteiger partial charge on any atom is -0.352 e. The van der Waals surface area contributed by atoms with Crippen LogP contribution < -0.4 is 10.6 Å². The SMILES string of the molecule is N#Cc1ccc(NC(=O)c2cncc(Nc3cccc4cccnc34)c2)cc1. The molecule has 0 aliphatic heterocycles. The van der Waals surface area contributed by atoms with Crippen LogP contribution >= 0.6 is 0 Å². The molecule has 4 aromatic rings. The Hall–Kier alpha value is -4.24. The molecule has 0 saturated heterocycles. The fourth-order valence-electron chi connectivity index (χ4n) is 2.82. The molecular formula is C22H15N5O. The minimum atomic E-state index is -0.281. The molecule has 0 bridgehead atoms. The number of pyridine rings is 2. The molecule has 2 aromatic carbocycles. The van der Waals surface area contributed by atoms with E-state index in [1.54, 1.807) is 42.7 Å². The van der Waals surface area contributed by atoms with Crippen molar-refractivity contribution in [1.82, 2.24) is 9.97 Å². The van der Waals surface area contributed by atoms with Gasteiger partial charge in [-0.25, -0.2) is 0 Å². The van der Waals surface area contributed by atoms with Gasteiger partial charge in [-0.3, -0.25) is 14.8 Å². The summed E-state index contributed by atoms with van der Waals surface area (Å²) in [5, 5.41) is 16.0. The number of nitriles is 1. The third-order valence-corrected chi connectivity index (χ3v) is 4.18. The van der Waals surface area contributed by atoms with Gasteiger partial charge >= 0.3 is 0 Å². The van der Waals surface area contributed by atoms with Gasteiger partial charge < -0.3 is 10.6 Å². The molecule has 1 amide bonds. The van der Waals surface area contributed by atoms with Crippen LogP contribution in [-0.2, 0) is 0 Å². The topological polar surface area (TPSA) is 90.7 Å². The molecule has 0 radical (unpaired) electrons. The van der Waals surface area contributed by atoms with E-state index >= 15 is 0 Å². The largest absolute Gasteiger partial charge is 0.352 e. The summed E-state index contributed by atoms with van der Waals surface area (Å²) in [6, 6.07) is 20.2. The number of carbonyl (C=O) groups is 1. The predicted molar refractivity (Wildman–Crippen MR) is 108 cm³/mol. The summed E-state index contributed by atoms with van der Waals surface area (Å²) in [6.07, 6.45) is 4.90. The first kappa shape index (κ1) is 17.2. The zero-order valence-corrected chi connectivity index (χ0v) is 14.8. The number of para-hydroxylation sites is 1. The summed E-state index contributed by atoms with van der Waals surface area (Å²) >= 11 is 0. The molecule has 0 aliphatic carbocycles. The Balaban J connectivity index is 1.55. The lowest BCUT2D eigenvalue weighted by molar-refractivity contribution is 0.102. The highest BCUT2D eigenvalue weighted by Gasteiger charge is 2.09. The van der Waals surface area contributed by atoms with E-state index in [-0.39, 0.29) is 5.91 Å². The number of fused-ring (bicyclic) bond motifs is 1. The van der Waals surface area contributed by atoms with Crippen molar-refractivity contribution < 1.29 is 4.79 Å². The zero-order chi connectivity index (χ0) is 19.3. The van der Waals surface area contributed by atoms with E-state index in [2.05, 4.69) is 20.6 Å². The van der Waals surface area contributed by atoms with E-state index in [4.69, 9.17) is 5.26 Å². The Morgan fingerprint density at radius 3 is 2.61 bits per heavy atom. The number of nitrogens with zero attached hydrogens (tertiary/aromatic N) is 3. The number of amides is 1. The number of benzene rings is 2. The number of aromatic nitrogens is 2. The van der Waals surface area contributed by atoms with Gasteiger partial charge in [-0.05, 0) is 42.5 Å². The van der Waals surface area contributed by atoms with Crippen molar-refractivity contribution >= 4 is 33.9 Å². The highest BCUT2D eigenvalue weighted by atomic mass is 16.1. The fraction of sp³-hybridized carbons (Fsp3) is 0. The van der Waals surface area contributed by atoms with E-state index in [1.807, 2.05) is 36.4 Å². The number of nitrogens with one attached hydrogen (secondary N) is 2. The number of anilines is 3. The average molecular weight is 365 g/mol. The van der Waals surface area contributed by atoms with E-state index < -0.39 is 0 Å². The summed E-state index contributed by atoms with van der Waals surface area (Å²) in [4.78, 5) is 21.1. The van der Waals surface area contributed by atoms with Gasteiger partial charge in [-0.15, -0.1) is 0 Å². The molecule has 2 aromatic heterocycles. The van der Waals surface area contributed by atoms with Crippen molar-refractivity contribution in [2.75, 3.05) is 10.6 Å². The molecular weight excluding hydrogens is 350 g/mol. The third-order valence-electron chi connectivity index (χ3n) is 4.18. The van der Waals surface area contributed by atoms with Crippen LogP contribution in [0.25, 0.3) is 10.9 Å². The van der Waals surface area contributed by atoms with E-state index in [9.17, 15) is 4.79 Å². The van der Waals surface area contributed by atoms with Crippen LogP contribution in [0.3, 0.4) is 0 Å². The molecule has 0 unspecified atom stereocenters. The van der Waals surface area contributed by atoms with Crippen LogP contribution in [-0.4, -0.2) is 15.9 Å². The van der Waals surface area contributed by atoms with Crippen molar-refractivity contribution in [3.63, 3.8) is 0 Å². The van der Waals surface area contributed by atoms with Crippen molar-refractivity contribution in [2.45, 2.75) is 0 Å². The van der Waals surface area contributed by atoms with Gasteiger partial charge in [-0.1, -0.05) is 18.2 Å². The Bertz CT molecular complexity index is 1190. The van der Waals surface area contributed by atoms with Gasteiger partial charge in [0.05, 0.1) is 40.3 Å². The smallest absolute Gasteiger partial charge is 0.257 e. The highest BCUT2D eigenvalue weighted by molar-refractivity contribution is 6.04. The number of rotatable bonds is 4. The summed E-state index contributed by atoms with van der Waals surface area (Å²) in [5.41, 5.74) is 3.94. The summed E-state index contributed by atoms with van der Waals surface area (Å²) in [6.45, 7) is 0. The van der Waals surface area contributed by atoms with Gasteiger partial charge in [0.15, 0.2) is 0 Å². The second-order valence-corrected chi connectivity index (χ2v) is 6.11. The second-order valence-electron chi connectivity index (χ2n) is 6.11. The van der Waals surface area contributed by atoms with Crippen molar-refractivity contribution in [2.24, 2.45) is 0 Å². The molecule has 2 heterocycles. The molecule has 28 heavy (non-hydrogen) atoms.